The third-order valence-corrected chi connectivity index (χ3v) is 7.19. The zero-order valence-corrected chi connectivity index (χ0v) is 23.4. The van der Waals surface area contributed by atoms with Gasteiger partial charge in [0.05, 0.1) is 7.11 Å². The van der Waals surface area contributed by atoms with Gasteiger partial charge in [0.25, 0.3) is 0 Å². The molecule has 4 aromatic rings. The van der Waals surface area contributed by atoms with Crippen LogP contribution in [0.2, 0.25) is 0 Å². The summed E-state index contributed by atoms with van der Waals surface area (Å²) < 4.78 is 47.2. The summed E-state index contributed by atoms with van der Waals surface area (Å²) in [5, 5.41) is 3.06. The van der Waals surface area contributed by atoms with Crippen LogP contribution < -0.4 is 19.7 Å². The van der Waals surface area contributed by atoms with E-state index < -0.39 is 11.6 Å². The average Bonchev–Trinajstić information content (AvgIpc) is 3.01. The summed E-state index contributed by atoms with van der Waals surface area (Å²) in [7, 11) is 1.36. The molecule has 1 fully saturated rings. The van der Waals surface area contributed by atoms with Crippen LogP contribution in [0.25, 0.3) is 0 Å². The zero-order valence-electron chi connectivity index (χ0n) is 23.4. The predicted octanol–water partition coefficient (Wildman–Crippen LogP) is 7.04. The molecule has 5 rings (SSSR count). The Morgan fingerprint density at radius 3 is 2.07 bits per heavy atom. The standard InChI is InChI=1S/C33H33F2N3O4/c1-40-31(39)18-23-14-16-38(17-15-23)32-27(34)19-26(20-28(32)35)36-29-12-13-30(41-21-24-8-4-2-5-9-24)37-33(29)42-22-25-10-6-3-7-11-25/h2-13,19-20,23,36H,14-18,21-22H2,1H3. The van der Waals surface area contributed by atoms with E-state index in [1.54, 1.807) is 17.0 Å². The van der Waals surface area contributed by atoms with Crippen LogP contribution in [-0.2, 0) is 22.7 Å². The quantitative estimate of drug-likeness (QED) is 0.193. The van der Waals surface area contributed by atoms with E-state index in [1.807, 2.05) is 60.7 Å². The summed E-state index contributed by atoms with van der Waals surface area (Å²) in [5.41, 5.74) is 2.52. The van der Waals surface area contributed by atoms with Crippen molar-refractivity contribution in [1.82, 2.24) is 4.98 Å². The number of ether oxygens (including phenoxy) is 3. The maximum Gasteiger partial charge on any atom is 0.305 e. The molecule has 7 nitrogen and oxygen atoms in total. The largest absolute Gasteiger partial charge is 0.473 e. The molecule has 1 N–H and O–H groups in total. The van der Waals surface area contributed by atoms with Gasteiger partial charge >= 0.3 is 5.97 Å². The molecule has 2 heterocycles. The topological polar surface area (TPSA) is 72.9 Å². The summed E-state index contributed by atoms with van der Waals surface area (Å²) in [4.78, 5) is 17.8. The first-order valence-corrected chi connectivity index (χ1v) is 13.9. The van der Waals surface area contributed by atoms with Gasteiger partial charge in [-0.2, -0.15) is 4.98 Å². The zero-order chi connectivity index (χ0) is 29.3. The van der Waals surface area contributed by atoms with Crippen molar-refractivity contribution in [3.8, 4) is 11.8 Å². The minimum absolute atomic E-state index is 0.0691. The van der Waals surface area contributed by atoms with Crippen molar-refractivity contribution in [3.63, 3.8) is 0 Å². The Kier molecular flexibility index (Phi) is 9.48. The number of anilines is 3. The van der Waals surface area contributed by atoms with Crippen LogP contribution in [0.1, 0.15) is 30.4 Å². The van der Waals surface area contributed by atoms with E-state index >= 15 is 8.78 Å². The van der Waals surface area contributed by atoms with E-state index in [4.69, 9.17) is 14.2 Å². The van der Waals surface area contributed by atoms with Crippen LogP contribution in [0.3, 0.4) is 0 Å². The highest BCUT2D eigenvalue weighted by molar-refractivity contribution is 5.70. The summed E-state index contributed by atoms with van der Waals surface area (Å²) in [6.07, 6.45) is 1.62. The lowest BCUT2D eigenvalue weighted by Gasteiger charge is -2.33. The Labute approximate surface area is 244 Å². The van der Waals surface area contributed by atoms with Crippen LogP contribution in [0.15, 0.2) is 84.9 Å². The molecule has 0 amide bonds. The minimum Gasteiger partial charge on any atom is -0.473 e. The van der Waals surface area contributed by atoms with Crippen molar-refractivity contribution >= 4 is 23.0 Å². The van der Waals surface area contributed by atoms with Crippen LogP contribution in [0, 0.1) is 17.6 Å². The molecular formula is C33H33F2N3O4. The fraction of sp³-hybridized carbons (Fsp3) is 0.273. The molecule has 0 bridgehead atoms. The fourth-order valence-electron chi connectivity index (χ4n) is 4.94. The van der Waals surface area contributed by atoms with Crippen molar-refractivity contribution in [3.05, 3.63) is 108 Å². The molecule has 1 saturated heterocycles. The summed E-state index contributed by atoms with van der Waals surface area (Å²) in [5.74, 6) is -0.878. The van der Waals surface area contributed by atoms with Crippen molar-refractivity contribution in [1.29, 1.82) is 0 Å². The number of nitrogens with one attached hydrogen (secondary N) is 1. The Morgan fingerprint density at radius 1 is 0.881 bits per heavy atom. The molecule has 42 heavy (non-hydrogen) atoms. The van der Waals surface area contributed by atoms with Gasteiger partial charge in [0.15, 0.2) is 11.6 Å². The molecule has 1 aliphatic rings. The Morgan fingerprint density at radius 2 is 1.48 bits per heavy atom. The third-order valence-electron chi connectivity index (χ3n) is 7.19. The Bertz CT molecular complexity index is 1460. The van der Waals surface area contributed by atoms with Gasteiger partial charge in [0.1, 0.15) is 24.6 Å². The number of carbonyl (C=O) groups excluding carboxylic acids is 1. The van der Waals surface area contributed by atoms with Crippen LogP contribution in [0.5, 0.6) is 11.8 Å². The third kappa shape index (κ3) is 7.54. The second-order valence-electron chi connectivity index (χ2n) is 10.2. The number of nitrogens with zero attached hydrogens (tertiary/aromatic N) is 2. The monoisotopic (exact) mass is 573 g/mol. The number of halogens is 2. The maximum atomic E-state index is 15.3. The lowest BCUT2D eigenvalue weighted by Crippen LogP contribution is -2.35. The van der Waals surface area contributed by atoms with E-state index in [-0.39, 0.29) is 35.7 Å². The molecule has 0 atom stereocenters. The smallest absolute Gasteiger partial charge is 0.305 e. The number of carbonyl (C=O) groups is 1. The van der Waals surface area contributed by atoms with E-state index in [1.165, 1.54) is 19.2 Å². The average molecular weight is 574 g/mol. The number of hydrogen-bond acceptors (Lipinski definition) is 7. The Hall–Kier alpha value is -4.66. The van der Waals surface area contributed by atoms with Gasteiger partial charge < -0.3 is 24.4 Å². The lowest BCUT2D eigenvalue weighted by molar-refractivity contribution is -0.141. The molecule has 0 unspecified atom stereocenters. The van der Waals surface area contributed by atoms with Crippen LogP contribution in [-0.4, -0.2) is 31.2 Å². The SMILES string of the molecule is COC(=O)CC1CCN(c2c(F)cc(Nc3ccc(OCc4ccccc4)nc3OCc3ccccc3)cc2F)CC1. The summed E-state index contributed by atoms with van der Waals surface area (Å²) in [6.45, 7) is 1.48. The van der Waals surface area contributed by atoms with E-state index in [0.717, 1.165) is 11.1 Å². The molecule has 0 saturated carbocycles. The molecule has 9 heteroatoms. The molecule has 0 spiro atoms. The first-order chi connectivity index (χ1) is 20.5. The number of piperidine rings is 1. The molecular weight excluding hydrogens is 540 g/mol. The van der Waals surface area contributed by atoms with Gasteiger partial charge in [-0.05, 0) is 48.1 Å². The highest BCUT2D eigenvalue weighted by atomic mass is 19.1. The number of hydrogen-bond donors (Lipinski definition) is 1. The van der Waals surface area contributed by atoms with Gasteiger partial charge in [-0.25, -0.2) is 8.78 Å². The second kappa shape index (κ2) is 13.8. The van der Waals surface area contributed by atoms with E-state index in [9.17, 15) is 4.79 Å². The normalized spacial score (nSPS) is 13.5. The number of esters is 1. The first-order valence-electron chi connectivity index (χ1n) is 13.9. The number of rotatable bonds is 11. The highest BCUT2D eigenvalue weighted by Crippen LogP contribution is 2.34. The Balaban J connectivity index is 1.31. The fourth-order valence-corrected chi connectivity index (χ4v) is 4.94. The molecule has 3 aromatic carbocycles. The van der Waals surface area contributed by atoms with Crippen molar-refractivity contribution in [2.45, 2.75) is 32.5 Å². The second-order valence-corrected chi connectivity index (χ2v) is 10.2. The van der Waals surface area contributed by atoms with Gasteiger partial charge in [0, 0.05) is 31.3 Å². The van der Waals surface area contributed by atoms with Gasteiger partial charge in [-0.15, -0.1) is 0 Å². The van der Waals surface area contributed by atoms with E-state index in [2.05, 4.69) is 10.3 Å². The van der Waals surface area contributed by atoms with Crippen LogP contribution in [0.4, 0.5) is 25.8 Å². The maximum absolute atomic E-state index is 15.3. The first kappa shape index (κ1) is 28.9. The predicted molar refractivity (Wildman–Crippen MR) is 157 cm³/mol. The number of pyridine rings is 1. The van der Waals surface area contributed by atoms with Gasteiger partial charge in [-0.3, -0.25) is 4.79 Å². The number of aromatic nitrogens is 1. The van der Waals surface area contributed by atoms with Crippen LogP contribution >= 0.6 is 0 Å². The summed E-state index contributed by atoms with van der Waals surface area (Å²) >= 11 is 0. The van der Waals surface area contributed by atoms with Crippen molar-refractivity contribution < 1.29 is 27.8 Å². The minimum atomic E-state index is -0.675. The summed E-state index contributed by atoms with van der Waals surface area (Å²) in [6, 6.07) is 25.3. The van der Waals surface area contributed by atoms with Gasteiger partial charge in [0.2, 0.25) is 11.8 Å². The molecule has 0 radical (unpaired) electrons. The number of methoxy groups -OCH3 is 1. The molecule has 1 aliphatic heterocycles. The van der Waals surface area contributed by atoms with Gasteiger partial charge in [-0.1, -0.05) is 60.7 Å². The van der Waals surface area contributed by atoms with Crippen molar-refractivity contribution in [2.24, 2.45) is 5.92 Å². The van der Waals surface area contributed by atoms with Crippen molar-refractivity contribution in [2.75, 3.05) is 30.4 Å². The molecule has 1 aromatic heterocycles. The molecule has 218 valence electrons. The number of benzene rings is 3. The highest BCUT2D eigenvalue weighted by Gasteiger charge is 2.26. The van der Waals surface area contributed by atoms with E-state index in [0.29, 0.717) is 50.5 Å². The molecule has 0 aliphatic carbocycles. The lowest BCUT2D eigenvalue weighted by atomic mass is 9.93.